The number of halogens is 1. The summed E-state index contributed by atoms with van der Waals surface area (Å²) in [6.45, 7) is 0. The molecule has 0 aromatic heterocycles. The second-order valence-electron chi connectivity index (χ2n) is 7.25. The topological polar surface area (TPSA) is 37.4 Å². The molecule has 0 N–H and O–H groups in total. The molecule has 3 nitrogen and oxygen atoms in total. The zero-order valence-corrected chi connectivity index (χ0v) is 14.0. The summed E-state index contributed by atoms with van der Waals surface area (Å²) in [4.78, 5) is 27.5. The van der Waals surface area contributed by atoms with Crippen LogP contribution in [-0.2, 0) is 9.59 Å². The van der Waals surface area contributed by atoms with Gasteiger partial charge in [-0.2, -0.15) is 0 Å². The SMILES string of the molecule is O=C1[C@@H]2[C@@H](C(=O)N1c1cccc(Cl)c1)[C@H]1C=C[C@@H]2C1=C1CCCC1. The van der Waals surface area contributed by atoms with Crippen molar-refractivity contribution in [3.05, 3.63) is 52.6 Å². The van der Waals surface area contributed by atoms with Gasteiger partial charge in [0.1, 0.15) is 0 Å². The van der Waals surface area contributed by atoms with Crippen LogP contribution in [0.4, 0.5) is 5.69 Å². The van der Waals surface area contributed by atoms with E-state index in [0.29, 0.717) is 10.7 Å². The van der Waals surface area contributed by atoms with Crippen molar-refractivity contribution in [3.8, 4) is 0 Å². The highest BCUT2D eigenvalue weighted by molar-refractivity contribution is 6.31. The number of hydrogen-bond acceptors (Lipinski definition) is 2. The molecule has 2 amide bonds. The fourth-order valence-corrected chi connectivity index (χ4v) is 5.38. The average Bonchev–Trinajstić information content (AvgIpc) is 3.30. The van der Waals surface area contributed by atoms with E-state index in [1.54, 1.807) is 24.3 Å². The molecule has 24 heavy (non-hydrogen) atoms. The number of carbonyl (C=O) groups is 2. The highest BCUT2D eigenvalue weighted by Gasteiger charge is 2.62. The van der Waals surface area contributed by atoms with Gasteiger partial charge < -0.3 is 0 Å². The Balaban J connectivity index is 1.56. The molecule has 4 heteroatoms. The molecule has 4 atom stereocenters. The van der Waals surface area contributed by atoms with E-state index < -0.39 is 0 Å². The van der Waals surface area contributed by atoms with Gasteiger partial charge >= 0.3 is 0 Å². The molecule has 0 unspecified atom stereocenters. The summed E-state index contributed by atoms with van der Waals surface area (Å²) in [5.41, 5.74) is 3.51. The number of nitrogens with zero attached hydrogens (tertiary/aromatic N) is 1. The molecule has 5 rings (SSSR count). The van der Waals surface area contributed by atoms with Gasteiger partial charge in [0.15, 0.2) is 0 Å². The molecule has 1 heterocycles. The zero-order chi connectivity index (χ0) is 16.4. The zero-order valence-electron chi connectivity index (χ0n) is 13.2. The predicted octanol–water partition coefficient (Wildman–Crippen LogP) is 4.13. The van der Waals surface area contributed by atoms with Gasteiger partial charge in [-0.15, -0.1) is 0 Å². The summed E-state index contributed by atoms with van der Waals surface area (Å²) >= 11 is 6.05. The highest BCUT2D eigenvalue weighted by atomic mass is 35.5. The molecule has 1 aromatic rings. The second kappa shape index (κ2) is 5.06. The van der Waals surface area contributed by atoms with E-state index >= 15 is 0 Å². The molecule has 0 spiro atoms. The van der Waals surface area contributed by atoms with Crippen molar-refractivity contribution in [3.63, 3.8) is 0 Å². The Labute approximate surface area is 146 Å². The highest BCUT2D eigenvalue weighted by Crippen LogP contribution is 2.58. The number of hydrogen-bond donors (Lipinski definition) is 0. The smallest absolute Gasteiger partial charge is 0.238 e. The molecular weight excluding hydrogens is 322 g/mol. The molecule has 1 aliphatic heterocycles. The molecule has 122 valence electrons. The van der Waals surface area contributed by atoms with Gasteiger partial charge in [0.2, 0.25) is 11.8 Å². The third-order valence-corrected chi connectivity index (χ3v) is 6.33. The summed E-state index contributed by atoms with van der Waals surface area (Å²) in [6.07, 6.45) is 9.10. The first kappa shape index (κ1) is 14.5. The molecule has 0 radical (unpaired) electrons. The van der Waals surface area contributed by atoms with Gasteiger partial charge in [-0.25, -0.2) is 4.90 Å². The summed E-state index contributed by atoms with van der Waals surface area (Å²) < 4.78 is 0. The van der Waals surface area contributed by atoms with Gasteiger partial charge in [-0.05, 0) is 43.9 Å². The Morgan fingerprint density at radius 1 is 0.958 bits per heavy atom. The fourth-order valence-electron chi connectivity index (χ4n) is 5.19. The van der Waals surface area contributed by atoms with Gasteiger partial charge in [0, 0.05) is 16.9 Å². The van der Waals surface area contributed by atoms with Crippen molar-refractivity contribution < 1.29 is 9.59 Å². The molecule has 4 aliphatic rings. The maximum Gasteiger partial charge on any atom is 0.238 e. The van der Waals surface area contributed by atoms with E-state index in [0.717, 1.165) is 12.8 Å². The first-order valence-corrected chi connectivity index (χ1v) is 9.08. The van der Waals surface area contributed by atoms with Crippen molar-refractivity contribution in [2.75, 3.05) is 4.90 Å². The van der Waals surface area contributed by atoms with Crippen molar-refractivity contribution in [1.29, 1.82) is 0 Å². The van der Waals surface area contributed by atoms with Crippen molar-refractivity contribution in [1.82, 2.24) is 0 Å². The van der Waals surface area contributed by atoms with Crippen LogP contribution in [0.1, 0.15) is 25.7 Å². The lowest BCUT2D eigenvalue weighted by Gasteiger charge is -2.20. The minimum atomic E-state index is -0.213. The van der Waals surface area contributed by atoms with Crippen LogP contribution >= 0.6 is 11.6 Å². The number of anilines is 1. The third-order valence-electron chi connectivity index (χ3n) is 6.10. The Morgan fingerprint density at radius 2 is 1.58 bits per heavy atom. The number of allylic oxidation sites excluding steroid dienone is 4. The van der Waals surface area contributed by atoms with E-state index in [9.17, 15) is 9.59 Å². The van der Waals surface area contributed by atoms with Crippen LogP contribution in [0, 0.1) is 23.7 Å². The molecule has 2 saturated carbocycles. The first-order valence-electron chi connectivity index (χ1n) is 8.70. The minimum Gasteiger partial charge on any atom is -0.274 e. The van der Waals surface area contributed by atoms with Crippen LogP contribution in [0.5, 0.6) is 0 Å². The average molecular weight is 340 g/mol. The van der Waals surface area contributed by atoms with Gasteiger partial charge in [0.05, 0.1) is 17.5 Å². The van der Waals surface area contributed by atoms with Crippen molar-refractivity contribution in [2.24, 2.45) is 23.7 Å². The van der Waals surface area contributed by atoms with E-state index in [1.165, 1.54) is 28.9 Å². The molecular formula is C20H18ClNO2. The Bertz CT molecular complexity index is 783. The lowest BCUT2D eigenvalue weighted by molar-refractivity contribution is -0.122. The number of fused-ring (bicyclic) bond motifs is 5. The summed E-state index contributed by atoms with van der Waals surface area (Å²) in [5.74, 6) is -0.271. The van der Waals surface area contributed by atoms with Crippen LogP contribution in [0.3, 0.4) is 0 Å². The second-order valence-corrected chi connectivity index (χ2v) is 7.68. The van der Waals surface area contributed by atoms with Crippen LogP contribution in [0.25, 0.3) is 0 Å². The maximum absolute atomic E-state index is 13.1. The number of imide groups is 1. The predicted molar refractivity (Wildman–Crippen MR) is 92.5 cm³/mol. The van der Waals surface area contributed by atoms with E-state index in [1.807, 2.05) is 0 Å². The minimum absolute atomic E-state index is 0.0554. The summed E-state index contributed by atoms with van der Waals surface area (Å²) in [5, 5.41) is 0.542. The lowest BCUT2D eigenvalue weighted by Crippen LogP contribution is -2.33. The van der Waals surface area contributed by atoms with E-state index in [2.05, 4.69) is 12.2 Å². The molecule has 1 saturated heterocycles. The maximum atomic E-state index is 13.1. The quantitative estimate of drug-likeness (QED) is 0.570. The van der Waals surface area contributed by atoms with E-state index in [4.69, 9.17) is 11.6 Å². The Morgan fingerprint density at radius 3 is 2.17 bits per heavy atom. The number of benzene rings is 1. The standard InChI is InChI=1S/C20H18ClNO2/c21-12-6-3-7-13(10-12)22-19(23)17-14-8-9-15(18(17)20(22)24)16(14)11-4-1-2-5-11/h3,6-10,14-15,17-18H,1-2,4-5H2/t14-,15+,17-,18-/m0/s1. The first-order chi connectivity index (χ1) is 11.7. The summed E-state index contributed by atoms with van der Waals surface area (Å²) in [7, 11) is 0. The third kappa shape index (κ3) is 1.79. The van der Waals surface area contributed by atoms with Gasteiger partial charge in [-0.1, -0.05) is 41.0 Å². The molecule has 1 aromatic carbocycles. The van der Waals surface area contributed by atoms with Crippen LogP contribution in [0.15, 0.2) is 47.6 Å². The number of amides is 2. The normalized spacial score (nSPS) is 34.0. The van der Waals surface area contributed by atoms with Crippen molar-refractivity contribution in [2.45, 2.75) is 25.7 Å². The number of carbonyl (C=O) groups excluding carboxylic acids is 2. The van der Waals surface area contributed by atoms with Gasteiger partial charge in [-0.3, -0.25) is 9.59 Å². The van der Waals surface area contributed by atoms with Crippen molar-refractivity contribution >= 4 is 29.1 Å². The Kier molecular flexibility index (Phi) is 3.05. The van der Waals surface area contributed by atoms with Crippen LogP contribution in [0.2, 0.25) is 5.02 Å². The fraction of sp³-hybridized carbons (Fsp3) is 0.400. The molecule has 3 aliphatic carbocycles. The largest absolute Gasteiger partial charge is 0.274 e. The Hall–Kier alpha value is -1.87. The van der Waals surface area contributed by atoms with Crippen LogP contribution < -0.4 is 4.90 Å². The van der Waals surface area contributed by atoms with Crippen LogP contribution in [-0.4, -0.2) is 11.8 Å². The molecule has 2 bridgehead atoms. The lowest BCUT2D eigenvalue weighted by atomic mass is 9.85. The summed E-state index contributed by atoms with van der Waals surface area (Å²) in [6, 6.07) is 7.02. The van der Waals surface area contributed by atoms with Gasteiger partial charge in [0.25, 0.3) is 0 Å². The van der Waals surface area contributed by atoms with E-state index in [-0.39, 0.29) is 35.5 Å². The monoisotopic (exact) mass is 339 g/mol. The molecule has 3 fully saturated rings. The number of rotatable bonds is 1.